The third kappa shape index (κ3) is 1.94. The first-order chi connectivity index (χ1) is 7.33. The molecule has 0 amide bonds. The van der Waals surface area contributed by atoms with E-state index in [-0.39, 0.29) is 6.10 Å². The van der Waals surface area contributed by atoms with Crippen molar-refractivity contribution in [3.05, 3.63) is 0 Å². The average Bonchev–Trinajstić information content (AvgIpc) is 2.78. The Morgan fingerprint density at radius 1 is 0.867 bits per heavy atom. The van der Waals surface area contributed by atoms with Crippen LogP contribution in [0.25, 0.3) is 0 Å². The first kappa shape index (κ1) is 10.1. The maximum Gasteiger partial charge on any atom is 0.0611 e. The van der Waals surface area contributed by atoms with Gasteiger partial charge < -0.3 is 9.84 Å². The summed E-state index contributed by atoms with van der Waals surface area (Å²) in [6, 6.07) is 0. The second kappa shape index (κ2) is 4.06. The molecule has 0 aromatic rings. The zero-order valence-electron chi connectivity index (χ0n) is 9.40. The molecule has 4 atom stereocenters. The number of aliphatic hydroxyl groups is 1. The summed E-state index contributed by atoms with van der Waals surface area (Å²) in [6.45, 7) is 0. The van der Waals surface area contributed by atoms with Crippen LogP contribution in [0.3, 0.4) is 0 Å². The molecule has 0 aromatic heterocycles. The Labute approximate surface area is 92.0 Å². The molecule has 86 valence electrons. The van der Waals surface area contributed by atoms with Gasteiger partial charge in [-0.3, -0.25) is 0 Å². The van der Waals surface area contributed by atoms with E-state index in [0.717, 1.165) is 12.8 Å². The highest BCUT2D eigenvalue weighted by molar-refractivity contribution is 4.96. The topological polar surface area (TPSA) is 29.5 Å². The summed E-state index contributed by atoms with van der Waals surface area (Å²) in [6.07, 6.45) is 11.0. The van der Waals surface area contributed by atoms with Crippen molar-refractivity contribution in [2.45, 2.75) is 69.7 Å². The number of ether oxygens (including phenoxy) is 1. The Bertz CT molecular complexity index is 221. The lowest BCUT2D eigenvalue weighted by atomic mass is 9.93. The van der Waals surface area contributed by atoms with Crippen LogP contribution in [0.15, 0.2) is 0 Å². The van der Waals surface area contributed by atoms with Crippen LogP contribution in [0.5, 0.6) is 0 Å². The first-order valence-electron chi connectivity index (χ1n) is 6.66. The Kier molecular flexibility index (Phi) is 2.73. The minimum atomic E-state index is -0.0128. The number of fused-ring (bicyclic) bond motifs is 2. The van der Waals surface area contributed by atoms with E-state index >= 15 is 0 Å². The van der Waals surface area contributed by atoms with Gasteiger partial charge in [-0.25, -0.2) is 0 Å². The third-order valence-electron chi connectivity index (χ3n) is 4.67. The molecule has 0 radical (unpaired) electrons. The highest BCUT2D eigenvalue weighted by Crippen LogP contribution is 2.46. The van der Waals surface area contributed by atoms with Crippen LogP contribution in [-0.2, 0) is 4.74 Å². The predicted octanol–water partition coefficient (Wildman–Crippen LogP) is 2.50. The van der Waals surface area contributed by atoms with Crippen LogP contribution in [0.2, 0.25) is 0 Å². The molecule has 3 saturated carbocycles. The molecule has 3 rings (SSSR count). The summed E-state index contributed by atoms with van der Waals surface area (Å²) >= 11 is 0. The van der Waals surface area contributed by atoms with Gasteiger partial charge in [-0.05, 0) is 43.9 Å². The van der Waals surface area contributed by atoms with Gasteiger partial charge in [0.15, 0.2) is 0 Å². The van der Waals surface area contributed by atoms with E-state index in [1.165, 1.54) is 38.5 Å². The van der Waals surface area contributed by atoms with E-state index in [2.05, 4.69) is 0 Å². The lowest BCUT2D eigenvalue weighted by Crippen LogP contribution is -2.31. The van der Waals surface area contributed by atoms with Crippen molar-refractivity contribution in [1.82, 2.24) is 0 Å². The molecular formula is C13H22O2. The number of aliphatic hydroxyl groups excluding tert-OH is 1. The minimum absolute atomic E-state index is 0.0128. The second-order valence-electron chi connectivity index (χ2n) is 5.73. The summed E-state index contributed by atoms with van der Waals surface area (Å²) in [5.41, 5.74) is 0. The van der Waals surface area contributed by atoms with Crippen LogP contribution in [0, 0.1) is 11.8 Å². The van der Waals surface area contributed by atoms with Crippen molar-refractivity contribution < 1.29 is 9.84 Å². The lowest BCUT2D eigenvalue weighted by Gasteiger charge is -2.31. The van der Waals surface area contributed by atoms with Crippen molar-refractivity contribution in [2.24, 2.45) is 11.8 Å². The molecule has 0 aliphatic heterocycles. The van der Waals surface area contributed by atoms with E-state index < -0.39 is 0 Å². The fraction of sp³-hybridized carbons (Fsp3) is 1.00. The minimum Gasteiger partial charge on any atom is -0.393 e. The molecule has 3 aliphatic rings. The summed E-state index contributed by atoms with van der Waals surface area (Å²) in [7, 11) is 0. The van der Waals surface area contributed by atoms with Gasteiger partial charge in [-0.1, -0.05) is 19.3 Å². The molecule has 0 saturated heterocycles. The Morgan fingerprint density at radius 2 is 1.67 bits per heavy atom. The summed E-state index contributed by atoms with van der Waals surface area (Å²) in [4.78, 5) is 0. The van der Waals surface area contributed by atoms with E-state index in [9.17, 15) is 5.11 Å². The quantitative estimate of drug-likeness (QED) is 0.758. The van der Waals surface area contributed by atoms with Gasteiger partial charge in [0, 0.05) is 0 Å². The zero-order chi connectivity index (χ0) is 10.3. The summed E-state index contributed by atoms with van der Waals surface area (Å²) in [5, 5.41) is 9.69. The Morgan fingerprint density at radius 3 is 2.27 bits per heavy atom. The van der Waals surface area contributed by atoms with Gasteiger partial charge in [0.25, 0.3) is 0 Å². The Balaban J connectivity index is 1.52. The van der Waals surface area contributed by atoms with Crippen molar-refractivity contribution in [2.75, 3.05) is 0 Å². The van der Waals surface area contributed by atoms with Gasteiger partial charge in [-0.15, -0.1) is 0 Å². The normalized spacial score (nSPS) is 46.2. The summed E-state index contributed by atoms with van der Waals surface area (Å²) < 4.78 is 6.22. The molecule has 3 fully saturated rings. The van der Waals surface area contributed by atoms with E-state index in [1.807, 2.05) is 0 Å². The number of rotatable bonds is 2. The van der Waals surface area contributed by atoms with Crippen molar-refractivity contribution in [1.29, 1.82) is 0 Å². The molecule has 2 heteroatoms. The highest BCUT2D eigenvalue weighted by atomic mass is 16.5. The highest BCUT2D eigenvalue weighted by Gasteiger charge is 2.46. The van der Waals surface area contributed by atoms with Crippen LogP contribution in [-0.4, -0.2) is 23.4 Å². The first-order valence-corrected chi connectivity index (χ1v) is 6.66. The van der Waals surface area contributed by atoms with E-state index in [4.69, 9.17) is 4.74 Å². The molecule has 15 heavy (non-hydrogen) atoms. The SMILES string of the molecule is OC1CC2CC1CC2OC1CCCCC1. The van der Waals surface area contributed by atoms with Crippen molar-refractivity contribution >= 4 is 0 Å². The maximum absolute atomic E-state index is 9.69. The van der Waals surface area contributed by atoms with E-state index in [0.29, 0.717) is 24.0 Å². The monoisotopic (exact) mass is 210 g/mol. The predicted molar refractivity (Wildman–Crippen MR) is 58.6 cm³/mol. The van der Waals surface area contributed by atoms with Crippen molar-refractivity contribution in [3.8, 4) is 0 Å². The largest absolute Gasteiger partial charge is 0.393 e. The van der Waals surface area contributed by atoms with Gasteiger partial charge >= 0.3 is 0 Å². The molecule has 3 aliphatic carbocycles. The fourth-order valence-corrected chi connectivity index (χ4v) is 3.81. The van der Waals surface area contributed by atoms with Crippen LogP contribution >= 0.6 is 0 Å². The average molecular weight is 210 g/mol. The third-order valence-corrected chi connectivity index (χ3v) is 4.67. The van der Waals surface area contributed by atoms with Gasteiger partial charge in [0.05, 0.1) is 18.3 Å². The van der Waals surface area contributed by atoms with E-state index in [1.54, 1.807) is 0 Å². The smallest absolute Gasteiger partial charge is 0.0611 e. The molecule has 1 N–H and O–H groups in total. The Hall–Kier alpha value is -0.0800. The van der Waals surface area contributed by atoms with Crippen LogP contribution < -0.4 is 0 Å². The number of hydrogen-bond donors (Lipinski definition) is 1. The standard InChI is InChI=1S/C13H22O2/c14-12-7-10-6-9(12)8-13(10)15-11-4-2-1-3-5-11/h9-14H,1-8H2. The van der Waals surface area contributed by atoms with Gasteiger partial charge in [0.2, 0.25) is 0 Å². The second-order valence-corrected chi connectivity index (χ2v) is 5.73. The molecule has 0 spiro atoms. The molecule has 0 heterocycles. The van der Waals surface area contributed by atoms with Crippen LogP contribution in [0.4, 0.5) is 0 Å². The molecule has 2 nitrogen and oxygen atoms in total. The van der Waals surface area contributed by atoms with Gasteiger partial charge in [0.1, 0.15) is 0 Å². The molecule has 4 unspecified atom stereocenters. The molecular weight excluding hydrogens is 188 g/mol. The molecule has 0 aromatic carbocycles. The maximum atomic E-state index is 9.69. The zero-order valence-corrected chi connectivity index (χ0v) is 9.40. The lowest BCUT2D eigenvalue weighted by molar-refractivity contribution is -0.0671. The van der Waals surface area contributed by atoms with Crippen molar-refractivity contribution in [3.63, 3.8) is 0 Å². The van der Waals surface area contributed by atoms with Crippen LogP contribution in [0.1, 0.15) is 51.4 Å². The summed E-state index contributed by atoms with van der Waals surface area (Å²) in [5.74, 6) is 1.23. The fourth-order valence-electron chi connectivity index (χ4n) is 3.81. The van der Waals surface area contributed by atoms with Gasteiger partial charge in [-0.2, -0.15) is 0 Å². The number of hydrogen-bond acceptors (Lipinski definition) is 2. The molecule has 2 bridgehead atoms.